The standard InChI is InChI=1S/C12H17N3O3S/c1-3-8-10(19-14-13-8)11(16)15-6-4-5-7(2)9(15)12(17)18/h7,9H,3-6H2,1-2H3,(H,17,18). The summed E-state index contributed by atoms with van der Waals surface area (Å²) in [6, 6.07) is -0.743. The predicted octanol–water partition coefficient (Wildman–Crippen LogP) is 1.43. The molecule has 0 bridgehead atoms. The molecule has 1 saturated heterocycles. The van der Waals surface area contributed by atoms with Gasteiger partial charge in [-0.05, 0) is 36.7 Å². The van der Waals surface area contributed by atoms with Crippen LogP contribution in [0.2, 0.25) is 0 Å². The summed E-state index contributed by atoms with van der Waals surface area (Å²) < 4.78 is 3.79. The van der Waals surface area contributed by atoms with E-state index in [1.165, 1.54) is 4.90 Å². The summed E-state index contributed by atoms with van der Waals surface area (Å²) in [4.78, 5) is 25.8. The van der Waals surface area contributed by atoms with Crippen LogP contribution in [0, 0.1) is 5.92 Å². The molecule has 1 aliphatic heterocycles. The van der Waals surface area contributed by atoms with E-state index in [0.717, 1.165) is 24.4 Å². The van der Waals surface area contributed by atoms with Gasteiger partial charge >= 0.3 is 5.97 Å². The largest absolute Gasteiger partial charge is 0.480 e. The van der Waals surface area contributed by atoms with Gasteiger partial charge in [-0.15, -0.1) is 5.10 Å². The third kappa shape index (κ3) is 2.60. The molecule has 2 unspecified atom stereocenters. The highest BCUT2D eigenvalue weighted by molar-refractivity contribution is 7.08. The van der Waals surface area contributed by atoms with Crippen LogP contribution in [0.25, 0.3) is 0 Å². The summed E-state index contributed by atoms with van der Waals surface area (Å²) in [6.45, 7) is 4.27. The zero-order chi connectivity index (χ0) is 14.0. The first-order valence-corrected chi connectivity index (χ1v) is 7.18. The van der Waals surface area contributed by atoms with Crippen LogP contribution in [0.5, 0.6) is 0 Å². The van der Waals surface area contributed by atoms with Gasteiger partial charge in [0.1, 0.15) is 10.9 Å². The number of rotatable bonds is 3. The van der Waals surface area contributed by atoms with Crippen molar-refractivity contribution in [2.45, 2.75) is 39.2 Å². The van der Waals surface area contributed by atoms with E-state index in [1.54, 1.807) is 0 Å². The van der Waals surface area contributed by atoms with Crippen molar-refractivity contribution >= 4 is 23.4 Å². The first-order chi connectivity index (χ1) is 9.06. The maximum absolute atomic E-state index is 12.5. The number of hydrogen-bond acceptors (Lipinski definition) is 5. The van der Waals surface area contributed by atoms with Crippen LogP contribution >= 0.6 is 11.5 Å². The normalized spacial score (nSPS) is 23.4. The summed E-state index contributed by atoms with van der Waals surface area (Å²) in [7, 11) is 0. The molecule has 2 heterocycles. The van der Waals surface area contributed by atoms with E-state index in [0.29, 0.717) is 23.5 Å². The fraction of sp³-hybridized carbons (Fsp3) is 0.667. The number of aromatic nitrogens is 2. The molecule has 2 rings (SSSR count). The molecular weight excluding hydrogens is 266 g/mol. The molecule has 1 aliphatic rings. The molecule has 0 spiro atoms. The smallest absolute Gasteiger partial charge is 0.326 e. The Morgan fingerprint density at radius 3 is 2.89 bits per heavy atom. The molecule has 1 amide bonds. The minimum absolute atomic E-state index is 0.0267. The van der Waals surface area contributed by atoms with Crippen molar-refractivity contribution in [1.29, 1.82) is 0 Å². The van der Waals surface area contributed by atoms with Gasteiger partial charge in [-0.2, -0.15) is 0 Å². The van der Waals surface area contributed by atoms with Crippen LogP contribution in [0.3, 0.4) is 0 Å². The van der Waals surface area contributed by atoms with Crippen LogP contribution in [-0.2, 0) is 11.2 Å². The average Bonchev–Trinajstić information content (AvgIpc) is 2.85. The molecule has 0 aromatic carbocycles. The van der Waals surface area contributed by atoms with E-state index >= 15 is 0 Å². The Morgan fingerprint density at radius 1 is 1.53 bits per heavy atom. The fourth-order valence-electron chi connectivity index (χ4n) is 2.53. The second kappa shape index (κ2) is 5.64. The number of amides is 1. The van der Waals surface area contributed by atoms with Crippen LogP contribution in [-0.4, -0.2) is 44.1 Å². The second-order valence-electron chi connectivity index (χ2n) is 4.80. The van der Waals surface area contributed by atoms with Crippen molar-refractivity contribution in [3.05, 3.63) is 10.6 Å². The Kier molecular flexibility index (Phi) is 4.14. The Labute approximate surface area is 115 Å². The summed E-state index contributed by atoms with van der Waals surface area (Å²) in [5.41, 5.74) is 0.650. The van der Waals surface area contributed by atoms with Gasteiger partial charge in [-0.1, -0.05) is 18.3 Å². The van der Waals surface area contributed by atoms with E-state index in [4.69, 9.17) is 0 Å². The summed E-state index contributed by atoms with van der Waals surface area (Å²) in [5, 5.41) is 13.2. The molecule has 2 atom stereocenters. The van der Waals surface area contributed by atoms with Crippen molar-refractivity contribution in [3.8, 4) is 0 Å². The molecular formula is C12H17N3O3S. The average molecular weight is 283 g/mol. The van der Waals surface area contributed by atoms with Gasteiger partial charge in [-0.3, -0.25) is 4.79 Å². The van der Waals surface area contributed by atoms with Crippen molar-refractivity contribution in [3.63, 3.8) is 0 Å². The monoisotopic (exact) mass is 283 g/mol. The molecule has 6 nitrogen and oxygen atoms in total. The van der Waals surface area contributed by atoms with E-state index in [-0.39, 0.29) is 11.8 Å². The molecule has 1 aromatic rings. The summed E-state index contributed by atoms with van der Waals surface area (Å²) in [5.74, 6) is -1.21. The molecule has 7 heteroatoms. The van der Waals surface area contributed by atoms with Gasteiger partial charge in [0.25, 0.3) is 5.91 Å². The summed E-state index contributed by atoms with van der Waals surface area (Å²) >= 11 is 1.05. The molecule has 0 radical (unpaired) electrons. The maximum atomic E-state index is 12.5. The van der Waals surface area contributed by atoms with Crippen LogP contribution < -0.4 is 0 Å². The van der Waals surface area contributed by atoms with Crippen molar-refractivity contribution < 1.29 is 14.7 Å². The van der Waals surface area contributed by atoms with Crippen LogP contribution in [0.4, 0.5) is 0 Å². The molecule has 104 valence electrons. The van der Waals surface area contributed by atoms with Crippen molar-refractivity contribution in [2.75, 3.05) is 6.54 Å². The molecule has 0 aliphatic carbocycles. The minimum atomic E-state index is -0.934. The number of piperidine rings is 1. The van der Waals surface area contributed by atoms with Crippen molar-refractivity contribution in [2.24, 2.45) is 5.92 Å². The molecule has 1 N–H and O–H groups in total. The number of aryl methyl sites for hydroxylation is 1. The molecule has 1 fully saturated rings. The SMILES string of the molecule is CCc1nnsc1C(=O)N1CCCC(C)C1C(=O)O. The predicted molar refractivity (Wildman–Crippen MR) is 70.1 cm³/mol. The highest BCUT2D eigenvalue weighted by atomic mass is 32.1. The lowest BCUT2D eigenvalue weighted by molar-refractivity contribution is -0.145. The number of carbonyl (C=O) groups is 2. The van der Waals surface area contributed by atoms with E-state index in [1.807, 2.05) is 13.8 Å². The highest BCUT2D eigenvalue weighted by Gasteiger charge is 2.38. The zero-order valence-corrected chi connectivity index (χ0v) is 11.8. The molecule has 0 saturated carbocycles. The first-order valence-electron chi connectivity index (χ1n) is 6.41. The molecule has 1 aromatic heterocycles. The van der Waals surface area contributed by atoms with Gasteiger partial charge in [0.2, 0.25) is 0 Å². The number of hydrogen-bond donors (Lipinski definition) is 1. The van der Waals surface area contributed by atoms with Crippen molar-refractivity contribution in [1.82, 2.24) is 14.5 Å². The van der Waals surface area contributed by atoms with E-state index in [2.05, 4.69) is 9.59 Å². The fourth-order valence-corrected chi connectivity index (χ4v) is 3.23. The van der Waals surface area contributed by atoms with Crippen LogP contribution in [0.15, 0.2) is 0 Å². The quantitative estimate of drug-likeness (QED) is 0.907. The highest BCUT2D eigenvalue weighted by Crippen LogP contribution is 2.26. The Bertz CT molecular complexity index is 488. The number of aliphatic carboxylic acids is 1. The first kappa shape index (κ1) is 13.9. The van der Waals surface area contributed by atoms with Gasteiger partial charge in [-0.25, -0.2) is 4.79 Å². The Hall–Kier alpha value is -1.50. The lowest BCUT2D eigenvalue weighted by Gasteiger charge is -2.37. The van der Waals surface area contributed by atoms with Gasteiger partial charge in [0.05, 0.1) is 5.69 Å². The summed E-state index contributed by atoms with van der Waals surface area (Å²) in [6.07, 6.45) is 2.30. The Balaban J connectivity index is 2.28. The van der Waals surface area contributed by atoms with Crippen LogP contribution in [0.1, 0.15) is 42.1 Å². The number of carbonyl (C=O) groups excluding carboxylic acids is 1. The number of carboxylic acids is 1. The van der Waals surface area contributed by atoms with Gasteiger partial charge < -0.3 is 10.0 Å². The van der Waals surface area contributed by atoms with Gasteiger partial charge in [0, 0.05) is 6.54 Å². The molecule has 19 heavy (non-hydrogen) atoms. The van der Waals surface area contributed by atoms with Gasteiger partial charge in [0.15, 0.2) is 0 Å². The van der Waals surface area contributed by atoms with E-state index in [9.17, 15) is 14.7 Å². The third-order valence-electron chi connectivity index (χ3n) is 3.53. The Morgan fingerprint density at radius 2 is 2.26 bits per heavy atom. The number of carboxylic acid groups (broad SMARTS) is 1. The maximum Gasteiger partial charge on any atom is 0.326 e. The topological polar surface area (TPSA) is 83.4 Å². The second-order valence-corrected chi connectivity index (χ2v) is 5.56. The lowest BCUT2D eigenvalue weighted by atomic mass is 9.90. The third-order valence-corrected chi connectivity index (χ3v) is 4.29. The number of nitrogens with zero attached hydrogens (tertiary/aromatic N) is 3. The minimum Gasteiger partial charge on any atom is -0.480 e. The lowest BCUT2D eigenvalue weighted by Crippen LogP contribution is -2.51. The van der Waals surface area contributed by atoms with E-state index < -0.39 is 12.0 Å². The number of likely N-dealkylation sites (tertiary alicyclic amines) is 1. The zero-order valence-electron chi connectivity index (χ0n) is 11.0.